The minimum absolute atomic E-state index is 0.866. The van der Waals surface area contributed by atoms with Gasteiger partial charge in [-0.3, -0.25) is 0 Å². The summed E-state index contributed by atoms with van der Waals surface area (Å²) in [4.78, 5) is 2.33. The van der Waals surface area contributed by atoms with Crippen LogP contribution in [0.3, 0.4) is 0 Å². The largest absolute Gasteiger partial charge is 0.456 e. The Labute approximate surface area is 295 Å². The average Bonchev–Trinajstić information content (AvgIpc) is 3.75. The molecule has 8 aromatic carbocycles. The first-order valence-corrected chi connectivity index (χ1v) is 17.4. The van der Waals surface area contributed by atoms with E-state index in [1.54, 1.807) is 0 Å². The molecule has 51 heavy (non-hydrogen) atoms. The highest BCUT2D eigenvalue weighted by Crippen LogP contribution is 2.42. The highest BCUT2D eigenvalue weighted by Gasteiger charge is 2.19. The van der Waals surface area contributed by atoms with Gasteiger partial charge >= 0.3 is 0 Å². The molecule has 0 spiro atoms. The molecule has 0 saturated carbocycles. The summed E-state index contributed by atoms with van der Waals surface area (Å²) in [6.45, 7) is 0. The molecule has 2 aromatic heterocycles. The molecule has 0 fully saturated rings. The Kier molecular flexibility index (Phi) is 6.81. The maximum atomic E-state index is 6.40. The lowest BCUT2D eigenvalue weighted by Gasteiger charge is -2.26. The quantitative estimate of drug-likeness (QED) is 0.178. The van der Waals surface area contributed by atoms with Gasteiger partial charge in [0.1, 0.15) is 11.2 Å². The van der Waals surface area contributed by atoms with E-state index in [0.717, 1.165) is 44.7 Å². The molecule has 0 aliphatic heterocycles. The summed E-state index contributed by atoms with van der Waals surface area (Å²) >= 11 is 0. The van der Waals surface area contributed by atoms with Gasteiger partial charge in [-0.05, 0) is 71.3 Å². The molecule has 0 atom stereocenters. The van der Waals surface area contributed by atoms with Gasteiger partial charge in [-0.2, -0.15) is 0 Å². The fourth-order valence-corrected chi connectivity index (χ4v) is 7.64. The highest BCUT2D eigenvalue weighted by atomic mass is 16.3. The second kappa shape index (κ2) is 11.9. The van der Waals surface area contributed by atoms with Crippen LogP contribution in [0.5, 0.6) is 0 Å². The number of hydrogen-bond donors (Lipinski definition) is 0. The Hall–Kier alpha value is -6.84. The van der Waals surface area contributed by atoms with Gasteiger partial charge in [0.2, 0.25) is 0 Å². The summed E-state index contributed by atoms with van der Waals surface area (Å²) in [6.07, 6.45) is 0. The Balaban J connectivity index is 1.19. The fraction of sp³-hybridized carbons (Fsp3) is 0. The first kappa shape index (κ1) is 29.1. The van der Waals surface area contributed by atoms with Crippen molar-refractivity contribution in [2.75, 3.05) is 4.90 Å². The molecule has 0 N–H and O–H groups in total. The van der Waals surface area contributed by atoms with Gasteiger partial charge in [-0.25, -0.2) is 0 Å². The van der Waals surface area contributed by atoms with Gasteiger partial charge in [-0.15, -0.1) is 0 Å². The zero-order valence-corrected chi connectivity index (χ0v) is 27.8. The zero-order valence-electron chi connectivity index (χ0n) is 27.8. The van der Waals surface area contributed by atoms with E-state index in [1.807, 2.05) is 12.1 Å². The van der Waals surface area contributed by atoms with Crippen LogP contribution in [0.15, 0.2) is 199 Å². The first-order chi connectivity index (χ1) is 25.3. The molecule has 10 aromatic rings. The van der Waals surface area contributed by atoms with E-state index in [2.05, 4.69) is 191 Å². The molecule has 0 bridgehead atoms. The van der Waals surface area contributed by atoms with Crippen molar-refractivity contribution < 1.29 is 4.42 Å². The van der Waals surface area contributed by atoms with Gasteiger partial charge in [0.15, 0.2) is 0 Å². The van der Waals surface area contributed by atoms with Crippen molar-refractivity contribution in [3.05, 3.63) is 194 Å². The van der Waals surface area contributed by atoms with Gasteiger partial charge in [0.05, 0.1) is 11.0 Å². The predicted octanol–water partition coefficient (Wildman–Crippen LogP) is 13.5. The SMILES string of the molecule is c1ccc(-c2ccc(N(c3cccc(-n4c5ccccc5c5cccc(-c6ccccc6)c54)c3)c3ccc4c(c3)oc3ccccc34)cc2)cc1. The predicted molar refractivity (Wildman–Crippen MR) is 214 cm³/mol. The van der Waals surface area contributed by atoms with Crippen molar-refractivity contribution in [2.24, 2.45) is 0 Å². The standard InChI is InChI=1S/C48H32N2O/c1-3-13-33(14-4-1)34-25-27-36(28-26-34)49(39-29-30-43-42-20-8-10-24-46(42)51-47(43)32-39)37-17-11-18-38(31-37)50-45-23-9-7-19-41(45)44-22-12-21-40(48(44)50)35-15-5-2-6-16-35/h1-32H. The molecule has 3 heteroatoms. The number of hydrogen-bond acceptors (Lipinski definition) is 2. The van der Waals surface area contributed by atoms with Crippen LogP contribution in [0.25, 0.3) is 71.7 Å². The number of rotatable bonds is 6. The van der Waals surface area contributed by atoms with E-state index in [4.69, 9.17) is 4.42 Å². The van der Waals surface area contributed by atoms with E-state index in [0.29, 0.717) is 0 Å². The third kappa shape index (κ3) is 4.90. The summed E-state index contributed by atoms with van der Waals surface area (Å²) in [6, 6.07) is 69.1. The highest BCUT2D eigenvalue weighted by molar-refractivity contribution is 6.14. The summed E-state index contributed by atoms with van der Waals surface area (Å²) < 4.78 is 8.82. The number of fused-ring (bicyclic) bond motifs is 6. The minimum atomic E-state index is 0.866. The van der Waals surface area contributed by atoms with Crippen molar-refractivity contribution in [1.29, 1.82) is 0 Å². The van der Waals surface area contributed by atoms with Gasteiger partial charge in [0, 0.05) is 55.9 Å². The summed E-state index contributed by atoms with van der Waals surface area (Å²) in [5.74, 6) is 0. The monoisotopic (exact) mass is 652 g/mol. The van der Waals surface area contributed by atoms with Crippen molar-refractivity contribution in [3.63, 3.8) is 0 Å². The third-order valence-electron chi connectivity index (χ3n) is 9.98. The van der Waals surface area contributed by atoms with E-state index < -0.39 is 0 Å². The molecular weight excluding hydrogens is 621 g/mol. The zero-order chi connectivity index (χ0) is 33.7. The van der Waals surface area contributed by atoms with Crippen molar-refractivity contribution >= 4 is 60.8 Å². The Morgan fingerprint density at radius 2 is 0.980 bits per heavy atom. The molecule has 10 rings (SSSR count). The van der Waals surface area contributed by atoms with Crippen LogP contribution in [0, 0.1) is 0 Å². The Morgan fingerprint density at radius 3 is 1.80 bits per heavy atom. The summed E-state index contributed by atoms with van der Waals surface area (Å²) in [7, 11) is 0. The number of furan rings is 1. The fourth-order valence-electron chi connectivity index (χ4n) is 7.64. The van der Waals surface area contributed by atoms with Crippen LogP contribution >= 0.6 is 0 Å². The van der Waals surface area contributed by atoms with Gasteiger partial charge in [0.25, 0.3) is 0 Å². The van der Waals surface area contributed by atoms with E-state index in [1.165, 1.54) is 44.1 Å². The molecule has 240 valence electrons. The topological polar surface area (TPSA) is 21.3 Å². The molecule has 0 aliphatic rings. The second-order valence-corrected chi connectivity index (χ2v) is 13.0. The number of para-hydroxylation sites is 3. The summed E-state index contributed by atoms with van der Waals surface area (Å²) in [5.41, 5.74) is 13.2. The van der Waals surface area contributed by atoms with Gasteiger partial charge in [-0.1, -0.05) is 133 Å². The number of benzene rings is 8. The number of anilines is 3. The normalized spacial score (nSPS) is 11.5. The van der Waals surface area contributed by atoms with Crippen LogP contribution in [-0.2, 0) is 0 Å². The average molecular weight is 653 g/mol. The molecule has 0 aliphatic carbocycles. The molecule has 2 heterocycles. The van der Waals surface area contributed by atoms with E-state index in [9.17, 15) is 0 Å². The molecular formula is C48H32N2O. The lowest BCUT2D eigenvalue weighted by Crippen LogP contribution is -2.10. The second-order valence-electron chi connectivity index (χ2n) is 13.0. The summed E-state index contributed by atoms with van der Waals surface area (Å²) in [5, 5.41) is 4.71. The van der Waals surface area contributed by atoms with Crippen LogP contribution < -0.4 is 4.90 Å². The maximum Gasteiger partial charge on any atom is 0.137 e. The Bertz CT molecular complexity index is 2850. The van der Waals surface area contributed by atoms with Crippen molar-refractivity contribution in [1.82, 2.24) is 4.57 Å². The number of nitrogens with zero attached hydrogens (tertiary/aromatic N) is 2. The van der Waals surface area contributed by atoms with E-state index in [-0.39, 0.29) is 0 Å². The van der Waals surface area contributed by atoms with Crippen LogP contribution in [-0.4, -0.2) is 4.57 Å². The lowest BCUT2D eigenvalue weighted by atomic mass is 10.0. The Morgan fingerprint density at radius 1 is 0.373 bits per heavy atom. The van der Waals surface area contributed by atoms with Gasteiger partial charge < -0.3 is 13.9 Å². The maximum absolute atomic E-state index is 6.40. The lowest BCUT2D eigenvalue weighted by molar-refractivity contribution is 0.669. The van der Waals surface area contributed by atoms with Crippen molar-refractivity contribution in [3.8, 4) is 27.9 Å². The van der Waals surface area contributed by atoms with Crippen LogP contribution in [0.1, 0.15) is 0 Å². The molecule has 3 nitrogen and oxygen atoms in total. The van der Waals surface area contributed by atoms with E-state index >= 15 is 0 Å². The van der Waals surface area contributed by atoms with Crippen LogP contribution in [0.4, 0.5) is 17.1 Å². The molecule has 0 unspecified atom stereocenters. The number of aromatic nitrogens is 1. The molecule has 0 radical (unpaired) electrons. The first-order valence-electron chi connectivity index (χ1n) is 17.4. The minimum Gasteiger partial charge on any atom is -0.456 e. The molecule has 0 amide bonds. The smallest absolute Gasteiger partial charge is 0.137 e. The van der Waals surface area contributed by atoms with Crippen molar-refractivity contribution in [2.45, 2.75) is 0 Å². The van der Waals surface area contributed by atoms with Crippen LogP contribution in [0.2, 0.25) is 0 Å². The third-order valence-corrected chi connectivity index (χ3v) is 9.98. The molecule has 0 saturated heterocycles.